The third kappa shape index (κ3) is 3.89. The summed E-state index contributed by atoms with van der Waals surface area (Å²) in [5.74, 6) is 2.26. The molecule has 0 saturated carbocycles. The van der Waals surface area contributed by atoms with Crippen LogP contribution in [0.25, 0.3) is 10.8 Å². The van der Waals surface area contributed by atoms with Crippen LogP contribution in [0.5, 0.6) is 11.5 Å². The van der Waals surface area contributed by atoms with Gasteiger partial charge >= 0.3 is 6.03 Å². The van der Waals surface area contributed by atoms with Crippen LogP contribution in [-0.4, -0.2) is 85.5 Å². The number of piperidine rings is 1. The van der Waals surface area contributed by atoms with Gasteiger partial charge in [0.1, 0.15) is 5.82 Å². The van der Waals surface area contributed by atoms with Crippen molar-refractivity contribution in [3.05, 3.63) is 24.4 Å². The van der Waals surface area contributed by atoms with Crippen molar-refractivity contribution in [1.29, 1.82) is 0 Å². The van der Waals surface area contributed by atoms with Crippen molar-refractivity contribution in [3.63, 3.8) is 0 Å². The second-order valence-corrected chi connectivity index (χ2v) is 7.56. The van der Waals surface area contributed by atoms with Gasteiger partial charge in [0.15, 0.2) is 11.5 Å². The van der Waals surface area contributed by atoms with Crippen LogP contribution in [0.2, 0.25) is 0 Å². The Morgan fingerprint density at radius 3 is 2.48 bits per heavy atom. The highest BCUT2D eigenvalue weighted by molar-refractivity contribution is 5.94. The molecule has 8 nitrogen and oxygen atoms in total. The van der Waals surface area contributed by atoms with Crippen molar-refractivity contribution in [2.75, 3.05) is 58.4 Å². The number of aliphatic hydroxyl groups is 1. The molecule has 1 aromatic heterocycles. The quantitative estimate of drug-likeness (QED) is 0.849. The third-order valence-electron chi connectivity index (χ3n) is 5.76. The van der Waals surface area contributed by atoms with Crippen LogP contribution in [0.15, 0.2) is 24.4 Å². The summed E-state index contributed by atoms with van der Waals surface area (Å²) < 4.78 is 10.9. The Morgan fingerprint density at radius 1 is 1.07 bits per heavy atom. The largest absolute Gasteiger partial charge is 0.493 e. The number of hydrogen-bond donors (Lipinski definition) is 1. The topological polar surface area (TPSA) is 78.4 Å². The van der Waals surface area contributed by atoms with Gasteiger partial charge in [-0.1, -0.05) is 0 Å². The van der Waals surface area contributed by atoms with Gasteiger partial charge in [0.2, 0.25) is 0 Å². The highest BCUT2D eigenvalue weighted by atomic mass is 16.5. The predicted molar refractivity (Wildman–Crippen MR) is 111 cm³/mol. The average Bonchev–Trinajstić information content (AvgIpc) is 2.77. The number of hydrogen-bond acceptors (Lipinski definition) is 6. The summed E-state index contributed by atoms with van der Waals surface area (Å²) in [7, 11) is 3.25. The van der Waals surface area contributed by atoms with E-state index in [1.54, 1.807) is 25.3 Å². The van der Waals surface area contributed by atoms with Gasteiger partial charge in [0, 0.05) is 50.9 Å². The van der Waals surface area contributed by atoms with E-state index >= 15 is 0 Å². The first-order chi connectivity index (χ1) is 14.1. The molecule has 1 unspecified atom stereocenters. The number of piperazine rings is 1. The Morgan fingerprint density at radius 2 is 1.79 bits per heavy atom. The van der Waals surface area contributed by atoms with Gasteiger partial charge in [0.05, 0.1) is 20.3 Å². The number of aromatic nitrogens is 1. The second-order valence-electron chi connectivity index (χ2n) is 7.56. The molecule has 2 amide bonds. The van der Waals surface area contributed by atoms with Gasteiger partial charge in [-0.15, -0.1) is 0 Å². The second kappa shape index (κ2) is 8.32. The number of rotatable bonds is 3. The molecule has 1 N–H and O–H groups in total. The van der Waals surface area contributed by atoms with E-state index in [9.17, 15) is 9.90 Å². The van der Waals surface area contributed by atoms with Gasteiger partial charge < -0.3 is 29.3 Å². The minimum atomic E-state index is -0.402. The van der Waals surface area contributed by atoms with Gasteiger partial charge in [-0.3, -0.25) is 0 Å². The summed E-state index contributed by atoms with van der Waals surface area (Å²) in [5, 5.41) is 11.9. The summed E-state index contributed by atoms with van der Waals surface area (Å²) in [6.07, 6.45) is 3.04. The Kier molecular flexibility index (Phi) is 5.62. The number of ether oxygens (including phenoxy) is 2. The molecule has 29 heavy (non-hydrogen) atoms. The lowest BCUT2D eigenvalue weighted by molar-refractivity contribution is 0.0702. The minimum Gasteiger partial charge on any atom is -0.493 e. The first-order valence-electron chi connectivity index (χ1n) is 10.1. The van der Waals surface area contributed by atoms with E-state index in [0.29, 0.717) is 44.2 Å². The zero-order valence-electron chi connectivity index (χ0n) is 17.0. The molecule has 0 aliphatic carbocycles. The normalized spacial score (nSPS) is 20.1. The van der Waals surface area contributed by atoms with E-state index < -0.39 is 6.10 Å². The fourth-order valence-electron chi connectivity index (χ4n) is 4.17. The maximum Gasteiger partial charge on any atom is 0.320 e. The molecule has 4 rings (SSSR count). The maximum atomic E-state index is 12.8. The number of aliphatic hydroxyl groups excluding tert-OH is 1. The maximum absolute atomic E-state index is 12.8. The smallest absolute Gasteiger partial charge is 0.320 e. The lowest BCUT2D eigenvalue weighted by Gasteiger charge is -2.40. The Bertz CT molecular complexity index is 882. The molecule has 1 aromatic carbocycles. The molecule has 0 spiro atoms. The van der Waals surface area contributed by atoms with Crippen molar-refractivity contribution < 1.29 is 19.4 Å². The van der Waals surface area contributed by atoms with Gasteiger partial charge in [0.25, 0.3) is 0 Å². The minimum absolute atomic E-state index is 0.0284. The molecule has 2 saturated heterocycles. The third-order valence-corrected chi connectivity index (χ3v) is 5.76. The van der Waals surface area contributed by atoms with E-state index in [1.165, 1.54) is 0 Å². The Hall–Kier alpha value is -2.74. The van der Waals surface area contributed by atoms with Crippen molar-refractivity contribution in [2.24, 2.45) is 0 Å². The standard InChI is InChI=1S/C21H28N4O4/c1-28-18-12-15-5-6-22-20(17(15)13-19(18)29-2)23-8-10-24(11-9-23)21(27)25-7-3-4-16(26)14-25/h5-6,12-13,16,26H,3-4,7-11,14H2,1-2H3. The summed E-state index contributed by atoms with van der Waals surface area (Å²) in [6.45, 7) is 3.85. The number of fused-ring (bicyclic) bond motifs is 1. The fraction of sp³-hybridized carbons (Fsp3) is 0.524. The highest BCUT2D eigenvalue weighted by Gasteiger charge is 2.29. The number of β-amino-alcohol motifs (C(OH)–C–C–N with tert-alkyl or cyclic N) is 1. The number of nitrogens with zero attached hydrogens (tertiary/aromatic N) is 4. The van der Waals surface area contributed by atoms with Gasteiger partial charge in [-0.05, 0) is 36.4 Å². The lowest BCUT2D eigenvalue weighted by atomic mass is 10.1. The molecular formula is C21H28N4O4. The molecule has 1 atom stereocenters. The summed E-state index contributed by atoms with van der Waals surface area (Å²) >= 11 is 0. The molecule has 0 bridgehead atoms. The first-order valence-corrected chi connectivity index (χ1v) is 10.1. The van der Waals surface area contributed by atoms with E-state index in [0.717, 1.165) is 36.0 Å². The number of likely N-dealkylation sites (tertiary alicyclic amines) is 1. The summed E-state index contributed by atoms with van der Waals surface area (Å²) in [4.78, 5) is 23.3. The zero-order chi connectivity index (χ0) is 20.4. The molecule has 2 aromatic rings. The Balaban J connectivity index is 1.49. The van der Waals surface area contributed by atoms with Crippen LogP contribution in [0.1, 0.15) is 12.8 Å². The molecule has 0 radical (unpaired) electrons. The lowest BCUT2D eigenvalue weighted by Crippen LogP contribution is -2.55. The molecule has 8 heteroatoms. The van der Waals surface area contributed by atoms with Crippen LogP contribution >= 0.6 is 0 Å². The molecule has 156 valence electrons. The monoisotopic (exact) mass is 400 g/mol. The molecule has 2 aliphatic heterocycles. The molecular weight excluding hydrogens is 372 g/mol. The number of carbonyl (C=O) groups excluding carboxylic acids is 1. The van der Waals surface area contributed by atoms with Crippen LogP contribution in [0.3, 0.4) is 0 Å². The predicted octanol–water partition coefficient (Wildman–Crippen LogP) is 1.95. The summed E-state index contributed by atoms with van der Waals surface area (Å²) in [5.41, 5.74) is 0. The number of methoxy groups -OCH3 is 2. The van der Waals surface area contributed by atoms with Crippen molar-refractivity contribution in [3.8, 4) is 11.5 Å². The van der Waals surface area contributed by atoms with E-state index in [4.69, 9.17) is 9.47 Å². The van der Waals surface area contributed by atoms with E-state index in [1.807, 2.05) is 23.1 Å². The molecule has 2 aliphatic rings. The number of amides is 2. The number of carbonyl (C=O) groups is 1. The van der Waals surface area contributed by atoms with Crippen LogP contribution in [-0.2, 0) is 0 Å². The number of urea groups is 1. The van der Waals surface area contributed by atoms with Gasteiger partial charge in [-0.2, -0.15) is 0 Å². The van der Waals surface area contributed by atoms with E-state index in [-0.39, 0.29) is 6.03 Å². The zero-order valence-corrected chi connectivity index (χ0v) is 17.0. The average molecular weight is 400 g/mol. The van der Waals surface area contributed by atoms with Crippen molar-refractivity contribution in [1.82, 2.24) is 14.8 Å². The molecule has 3 heterocycles. The van der Waals surface area contributed by atoms with Crippen LogP contribution < -0.4 is 14.4 Å². The van der Waals surface area contributed by atoms with Crippen LogP contribution in [0.4, 0.5) is 10.6 Å². The van der Waals surface area contributed by atoms with Crippen LogP contribution in [0, 0.1) is 0 Å². The fourth-order valence-corrected chi connectivity index (χ4v) is 4.17. The highest BCUT2D eigenvalue weighted by Crippen LogP contribution is 2.35. The van der Waals surface area contributed by atoms with E-state index in [2.05, 4.69) is 9.88 Å². The van der Waals surface area contributed by atoms with Crippen molar-refractivity contribution >= 4 is 22.6 Å². The number of pyridine rings is 1. The number of benzene rings is 1. The van der Waals surface area contributed by atoms with Gasteiger partial charge in [-0.25, -0.2) is 9.78 Å². The molecule has 2 fully saturated rings. The number of anilines is 1. The SMILES string of the molecule is COc1cc2ccnc(N3CCN(C(=O)N4CCCC(O)C4)CC3)c2cc1OC. The Labute approximate surface area is 170 Å². The first kappa shape index (κ1) is 19.6. The summed E-state index contributed by atoms with van der Waals surface area (Å²) in [6, 6.07) is 5.91. The van der Waals surface area contributed by atoms with Crippen molar-refractivity contribution in [2.45, 2.75) is 18.9 Å².